The van der Waals surface area contributed by atoms with Gasteiger partial charge in [-0.3, -0.25) is 0 Å². The maximum absolute atomic E-state index is 4.34. The highest BCUT2D eigenvalue weighted by Crippen LogP contribution is 2.22. The fraction of sp³-hybridized carbons (Fsp3) is 0.692. The van der Waals surface area contributed by atoms with E-state index in [4.69, 9.17) is 0 Å². The lowest BCUT2D eigenvalue weighted by Gasteiger charge is -2.16. The van der Waals surface area contributed by atoms with Crippen LogP contribution in [0.2, 0.25) is 0 Å². The summed E-state index contributed by atoms with van der Waals surface area (Å²) in [6, 6.07) is 0.388. The summed E-state index contributed by atoms with van der Waals surface area (Å²) in [5, 5.41) is 6.75. The van der Waals surface area contributed by atoms with E-state index in [1.807, 2.05) is 0 Å². The topological polar surface area (TPSA) is 49.8 Å². The molecule has 0 atom stereocenters. The minimum atomic E-state index is 0.388. The molecule has 0 fully saturated rings. The molecule has 0 aliphatic carbocycles. The summed E-state index contributed by atoms with van der Waals surface area (Å²) in [7, 11) is 0. The molecule has 4 heteroatoms. The van der Waals surface area contributed by atoms with Crippen LogP contribution in [0.5, 0.6) is 0 Å². The van der Waals surface area contributed by atoms with Crippen LogP contribution in [0.25, 0.3) is 0 Å². The van der Waals surface area contributed by atoms with Crippen molar-refractivity contribution in [3.8, 4) is 0 Å². The fourth-order valence-corrected chi connectivity index (χ4v) is 1.69. The van der Waals surface area contributed by atoms with Gasteiger partial charge in [-0.15, -0.1) is 0 Å². The monoisotopic (exact) mass is 236 g/mol. The molecule has 0 aromatic carbocycles. The highest BCUT2D eigenvalue weighted by atomic mass is 15.1. The van der Waals surface area contributed by atoms with Gasteiger partial charge in [0.15, 0.2) is 0 Å². The van der Waals surface area contributed by atoms with E-state index in [1.165, 1.54) is 5.56 Å². The van der Waals surface area contributed by atoms with Gasteiger partial charge in [0, 0.05) is 18.2 Å². The highest BCUT2D eigenvalue weighted by molar-refractivity contribution is 5.57. The molecular formula is C13H24N4. The van der Waals surface area contributed by atoms with Crippen molar-refractivity contribution < 1.29 is 0 Å². The van der Waals surface area contributed by atoms with E-state index < -0.39 is 0 Å². The molecule has 1 aromatic heterocycles. The van der Waals surface area contributed by atoms with Crippen molar-refractivity contribution in [2.24, 2.45) is 0 Å². The average Bonchev–Trinajstić information content (AvgIpc) is 2.29. The first kappa shape index (κ1) is 13.7. The SMILES string of the molecule is CCCNc1ncnc(NC(C)C)c1CCC. The molecule has 0 saturated carbocycles. The Labute approximate surface area is 104 Å². The number of nitrogens with one attached hydrogen (secondary N) is 2. The van der Waals surface area contributed by atoms with Gasteiger partial charge in [-0.2, -0.15) is 0 Å². The lowest BCUT2D eigenvalue weighted by atomic mass is 10.1. The molecule has 4 nitrogen and oxygen atoms in total. The molecule has 2 N–H and O–H groups in total. The molecule has 0 amide bonds. The second kappa shape index (κ2) is 7.09. The van der Waals surface area contributed by atoms with Crippen molar-refractivity contribution in [3.05, 3.63) is 11.9 Å². The number of anilines is 2. The molecule has 1 rings (SSSR count). The molecule has 0 radical (unpaired) electrons. The van der Waals surface area contributed by atoms with Gasteiger partial charge >= 0.3 is 0 Å². The lowest BCUT2D eigenvalue weighted by molar-refractivity contribution is 0.852. The summed E-state index contributed by atoms with van der Waals surface area (Å²) >= 11 is 0. The lowest BCUT2D eigenvalue weighted by Crippen LogP contribution is -2.15. The van der Waals surface area contributed by atoms with Crippen LogP contribution in [0, 0.1) is 0 Å². The van der Waals surface area contributed by atoms with Crippen molar-refractivity contribution in [2.75, 3.05) is 17.2 Å². The third kappa shape index (κ3) is 4.21. The molecule has 0 bridgehead atoms. The quantitative estimate of drug-likeness (QED) is 0.764. The van der Waals surface area contributed by atoms with Crippen LogP contribution in [0.4, 0.5) is 11.6 Å². The third-order valence-corrected chi connectivity index (χ3v) is 2.41. The second-order valence-corrected chi connectivity index (χ2v) is 4.53. The van der Waals surface area contributed by atoms with E-state index in [-0.39, 0.29) is 0 Å². The van der Waals surface area contributed by atoms with E-state index in [2.05, 4.69) is 48.3 Å². The zero-order chi connectivity index (χ0) is 12.7. The van der Waals surface area contributed by atoms with Crippen LogP contribution in [-0.2, 0) is 6.42 Å². The molecule has 0 spiro atoms. The van der Waals surface area contributed by atoms with Crippen LogP contribution in [0.3, 0.4) is 0 Å². The van der Waals surface area contributed by atoms with Gasteiger partial charge in [-0.05, 0) is 26.7 Å². The smallest absolute Gasteiger partial charge is 0.134 e. The second-order valence-electron chi connectivity index (χ2n) is 4.53. The Morgan fingerprint density at radius 2 is 1.82 bits per heavy atom. The van der Waals surface area contributed by atoms with E-state index >= 15 is 0 Å². The summed E-state index contributed by atoms with van der Waals surface area (Å²) in [5.74, 6) is 1.95. The van der Waals surface area contributed by atoms with E-state index in [1.54, 1.807) is 6.33 Å². The Hall–Kier alpha value is -1.32. The van der Waals surface area contributed by atoms with Crippen molar-refractivity contribution in [2.45, 2.75) is 53.0 Å². The summed E-state index contributed by atoms with van der Waals surface area (Å²) in [4.78, 5) is 8.68. The average molecular weight is 236 g/mol. The first-order chi connectivity index (χ1) is 8.19. The molecule has 17 heavy (non-hydrogen) atoms. The number of nitrogens with zero attached hydrogens (tertiary/aromatic N) is 2. The number of aromatic nitrogens is 2. The van der Waals surface area contributed by atoms with Gasteiger partial charge in [-0.1, -0.05) is 20.3 Å². The molecule has 1 aromatic rings. The minimum absolute atomic E-state index is 0.388. The summed E-state index contributed by atoms with van der Waals surface area (Å²) in [6.45, 7) is 9.53. The van der Waals surface area contributed by atoms with Crippen molar-refractivity contribution >= 4 is 11.6 Å². The molecular weight excluding hydrogens is 212 g/mol. The van der Waals surface area contributed by atoms with Gasteiger partial charge in [-0.25, -0.2) is 9.97 Å². The molecule has 96 valence electrons. The van der Waals surface area contributed by atoms with Crippen molar-refractivity contribution in [1.29, 1.82) is 0 Å². The summed E-state index contributed by atoms with van der Waals surface area (Å²) < 4.78 is 0. The van der Waals surface area contributed by atoms with Crippen molar-refractivity contribution in [3.63, 3.8) is 0 Å². The maximum Gasteiger partial charge on any atom is 0.134 e. The standard InChI is InChI=1S/C13H24N4/c1-5-7-11-12(14-8-6-2)15-9-16-13(11)17-10(3)4/h9-10H,5-8H2,1-4H3,(H2,14,15,16,17). The molecule has 0 aliphatic heterocycles. The third-order valence-electron chi connectivity index (χ3n) is 2.41. The normalized spacial score (nSPS) is 10.6. The first-order valence-corrected chi connectivity index (χ1v) is 6.53. The highest BCUT2D eigenvalue weighted by Gasteiger charge is 2.10. The number of rotatable bonds is 7. The molecule has 0 saturated heterocycles. The van der Waals surface area contributed by atoms with E-state index in [9.17, 15) is 0 Å². The molecule has 0 aliphatic rings. The number of hydrogen-bond donors (Lipinski definition) is 2. The fourth-order valence-electron chi connectivity index (χ4n) is 1.69. The zero-order valence-corrected chi connectivity index (χ0v) is 11.4. The van der Waals surface area contributed by atoms with Crippen LogP contribution < -0.4 is 10.6 Å². The molecule has 1 heterocycles. The minimum Gasteiger partial charge on any atom is -0.370 e. The largest absolute Gasteiger partial charge is 0.370 e. The Balaban J connectivity index is 2.94. The summed E-state index contributed by atoms with van der Waals surface area (Å²) in [5.41, 5.74) is 1.21. The first-order valence-electron chi connectivity index (χ1n) is 6.53. The Kier molecular flexibility index (Phi) is 5.73. The van der Waals surface area contributed by atoms with E-state index in [0.29, 0.717) is 6.04 Å². The number of hydrogen-bond acceptors (Lipinski definition) is 4. The Bertz CT molecular complexity index is 336. The van der Waals surface area contributed by atoms with Crippen molar-refractivity contribution in [1.82, 2.24) is 9.97 Å². The van der Waals surface area contributed by atoms with Gasteiger partial charge in [0.05, 0.1) is 0 Å². The van der Waals surface area contributed by atoms with Gasteiger partial charge in [0.25, 0.3) is 0 Å². The Morgan fingerprint density at radius 3 is 2.41 bits per heavy atom. The van der Waals surface area contributed by atoms with Gasteiger partial charge in [0.1, 0.15) is 18.0 Å². The van der Waals surface area contributed by atoms with E-state index in [0.717, 1.165) is 37.4 Å². The predicted molar refractivity (Wildman–Crippen MR) is 73.6 cm³/mol. The van der Waals surface area contributed by atoms with Gasteiger partial charge in [0.2, 0.25) is 0 Å². The zero-order valence-electron chi connectivity index (χ0n) is 11.4. The van der Waals surface area contributed by atoms with Crippen LogP contribution in [0.15, 0.2) is 6.33 Å². The van der Waals surface area contributed by atoms with Gasteiger partial charge < -0.3 is 10.6 Å². The predicted octanol–water partition coefficient (Wildman–Crippen LogP) is 3.07. The van der Waals surface area contributed by atoms with Crippen LogP contribution in [-0.4, -0.2) is 22.6 Å². The summed E-state index contributed by atoms with van der Waals surface area (Å²) in [6.07, 6.45) is 4.83. The Morgan fingerprint density at radius 1 is 1.12 bits per heavy atom. The van der Waals surface area contributed by atoms with Crippen LogP contribution in [0.1, 0.15) is 46.1 Å². The van der Waals surface area contributed by atoms with Crippen LogP contribution >= 0.6 is 0 Å². The maximum atomic E-state index is 4.34. The molecule has 0 unspecified atom stereocenters.